The monoisotopic (exact) mass is 480 g/mol. The summed E-state index contributed by atoms with van der Waals surface area (Å²) in [5.74, 6) is -0.0532. The smallest absolute Gasteiger partial charge is 0.263 e. The van der Waals surface area contributed by atoms with Crippen LogP contribution in [0.1, 0.15) is 5.56 Å². The highest BCUT2D eigenvalue weighted by Gasteiger charge is 2.21. The molecule has 0 radical (unpaired) electrons. The molecule has 0 saturated heterocycles. The van der Waals surface area contributed by atoms with Crippen LogP contribution in [-0.2, 0) is 13.5 Å². The first-order valence-corrected chi connectivity index (χ1v) is 10.5. The Hall–Kier alpha value is -3.75. The van der Waals surface area contributed by atoms with Gasteiger partial charge in [-0.1, -0.05) is 42.5 Å². The minimum absolute atomic E-state index is 0. The average Bonchev–Trinajstić information content (AvgIpc) is 2.82. The summed E-state index contributed by atoms with van der Waals surface area (Å²) >= 11 is 0. The number of hydrogen-bond acceptors (Lipinski definition) is 6. The third-order valence-electron chi connectivity index (χ3n) is 5.35. The highest BCUT2D eigenvalue weighted by molar-refractivity contribution is 5.85. The molecule has 0 aliphatic heterocycles. The molecule has 5 N–H and O–H groups in total. The average molecular weight is 481 g/mol. The lowest BCUT2D eigenvalue weighted by atomic mass is 10.0. The second-order valence-corrected chi connectivity index (χ2v) is 7.80. The first kappa shape index (κ1) is 24.9. The van der Waals surface area contributed by atoms with Crippen molar-refractivity contribution in [1.29, 1.82) is 0 Å². The molecule has 176 valence electrons. The summed E-state index contributed by atoms with van der Waals surface area (Å²) in [4.78, 5) is 22.5. The Balaban J connectivity index is 0.00000324. The maximum absolute atomic E-state index is 13.5. The van der Waals surface area contributed by atoms with Gasteiger partial charge in [0.2, 0.25) is 5.95 Å². The minimum atomic E-state index is -0.395. The van der Waals surface area contributed by atoms with Gasteiger partial charge in [-0.3, -0.25) is 14.3 Å². The van der Waals surface area contributed by atoms with Gasteiger partial charge in [0.15, 0.2) is 0 Å². The number of nitrogens with zero attached hydrogens (tertiary/aromatic N) is 3. The summed E-state index contributed by atoms with van der Waals surface area (Å²) in [7, 11) is 1.62. The Kier molecular flexibility index (Phi) is 7.99. The van der Waals surface area contributed by atoms with Crippen molar-refractivity contribution >= 4 is 24.0 Å². The van der Waals surface area contributed by atoms with Crippen LogP contribution in [0.3, 0.4) is 0 Å². The van der Waals surface area contributed by atoms with Gasteiger partial charge < -0.3 is 16.8 Å². The fourth-order valence-corrected chi connectivity index (χ4v) is 3.64. The molecule has 2 heterocycles. The molecule has 0 bridgehead atoms. The van der Waals surface area contributed by atoms with Gasteiger partial charge in [0.1, 0.15) is 17.2 Å². The zero-order valence-electron chi connectivity index (χ0n) is 18.6. The van der Waals surface area contributed by atoms with Gasteiger partial charge in [0.25, 0.3) is 5.56 Å². The van der Waals surface area contributed by atoms with Crippen LogP contribution in [0, 0.1) is 5.82 Å². The van der Waals surface area contributed by atoms with E-state index in [4.69, 9.17) is 16.5 Å². The van der Waals surface area contributed by atoms with Gasteiger partial charge in [-0.2, -0.15) is 0 Å². The van der Waals surface area contributed by atoms with Crippen LogP contribution in [0.25, 0.3) is 22.5 Å². The molecular formula is C25H26ClFN6O. The molecule has 0 unspecified atom stereocenters. The van der Waals surface area contributed by atoms with E-state index in [1.165, 1.54) is 16.7 Å². The van der Waals surface area contributed by atoms with Crippen molar-refractivity contribution in [2.24, 2.45) is 12.8 Å². The van der Waals surface area contributed by atoms with E-state index in [0.29, 0.717) is 47.1 Å². The van der Waals surface area contributed by atoms with Gasteiger partial charge in [0.05, 0.1) is 11.3 Å². The van der Waals surface area contributed by atoms with Crippen LogP contribution < -0.4 is 22.3 Å². The maximum Gasteiger partial charge on any atom is 0.263 e. The molecule has 4 rings (SSSR count). The van der Waals surface area contributed by atoms with Crippen LogP contribution in [-0.4, -0.2) is 27.1 Å². The Morgan fingerprint density at radius 3 is 2.41 bits per heavy atom. The third kappa shape index (κ3) is 5.41. The summed E-state index contributed by atoms with van der Waals surface area (Å²) in [6, 6.07) is 18.8. The van der Waals surface area contributed by atoms with Crippen molar-refractivity contribution in [2.45, 2.75) is 12.5 Å². The normalized spacial score (nSPS) is 11.5. The Labute approximate surface area is 203 Å². The lowest BCUT2D eigenvalue weighted by Gasteiger charge is -2.18. The second kappa shape index (κ2) is 10.9. The summed E-state index contributed by atoms with van der Waals surface area (Å²) in [5, 5.41) is 3.19. The largest absolute Gasteiger partial charge is 0.397 e. The van der Waals surface area contributed by atoms with Crippen molar-refractivity contribution in [2.75, 3.05) is 17.6 Å². The molecule has 2 aromatic heterocycles. The third-order valence-corrected chi connectivity index (χ3v) is 5.35. The molecule has 0 amide bonds. The SMILES string of the molecule is Cl.Cn1c(NC[C@@H](N)Cc2ccccc2)nc(-c2ncccc2N)c(-c2ccc(F)cc2)c1=O. The van der Waals surface area contributed by atoms with Gasteiger partial charge in [-0.25, -0.2) is 9.37 Å². The number of benzene rings is 2. The molecule has 0 fully saturated rings. The molecule has 1 atom stereocenters. The van der Waals surface area contributed by atoms with Crippen LogP contribution >= 0.6 is 12.4 Å². The summed E-state index contributed by atoms with van der Waals surface area (Å²) < 4.78 is 14.9. The van der Waals surface area contributed by atoms with E-state index in [1.54, 1.807) is 37.5 Å². The topological polar surface area (TPSA) is 112 Å². The number of nitrogens with two attached hydrogens (primary N) is 2. The first-order valence-electron chi connectivity index (χ1n) is 10.5. The fraction of sp³-hybridized carbons (Fsp3) is 0.160. The van der Waals surface area contributed by atoms with E-state index in [1.807, 2.05) is 30.3 Å². The van der Waals surface area contributed by atoms with Crippen LogP contribution in [0.15, 0.2) is 77.7 Å². The molecule has 0 spiro atoms. The number of nitrogens with one attached hydrogen (secondary N) is 1. The number of pyridine rings is 1. The molecule has 34 heavy (non-hydrogen) atoms. The Morgan fingerprint density at radius 2 is 1.74 bits per heavy atom. The molecule has 0 aliphatic carbocycles. The van der Waals surface area contributed by atoms with Gasteiger partial charge in [-0.05, 0) is 41.8 Å². The molecule has 4 aromatic rings. The predicted octanol–water partition coefficient (Wildman–Crippen LogP) is 3.63. The second-order valence-electron chi connectivity index (χ2n) is 7.80. The highest BCUT2D eigenvalue weighted by atomic mass is 35.5. The van der Waals surface area contributed by atoms with E-state index in [0.717, 1.165) is 5.56 Å². The van der Waals surface area contributed by atoms with Crippen LogP contribution in [0.5, 0.6) is 0 Å². The van der Waals surface area contributed by atoms with Gasteiger partial charge >= 0.3 is 0 Å². The Morgan fingerprint density at radius 1 is 1.03 bits per heavy atom. The fourth-order valence-electron chi connectivity index (χ4n) is 3.64. The van der Waals surface area contributed by atoms with Crippen molar-refractivity contribution < 1.29 is 4.39 Å². The molecule has 2 aromatic carbocycles. The van der Waals surface area contributed by atoms with E-state index >= 15 is 0 Å². The number of nitrogen functional groups attached to an aromatic ring is 1. The van der Waals surface area contributed by atoms with Crippen molar-refractivity contribution in [3.05, 3.63) is 94.7 Å². The molecule has 0 saturated carbocycles. The van der Waals surface area contributed by atoms with E-state index in [9.17, 15) is 9.18 Å². The van der Waals surface area contributed by atoms with Crippen LogP contribution in [0.4, 0.5) is 16.0 Å². The molecule has 9 heteroatoms. The number of rotatable bonds is 7. The first-order chi connectivity index (χ1) is 15.9. The van der Waals surface area contributed by atoms with Gasteiger partial charge in [0, 0.05) is 25.8 Å². The molecule has 0 aliphatic rings. The molecular weight excluding hydrogens is 455 g/mol. The Bertz CT molecular complexity index is 1310. The number of aromatic nitrogens is 3. The molecule has 7 nitrogen and oxygen atoms in total. The lowest BCUT2D eigenvalue weighted by molar-refractivity contribution is 0.628. The van der Waals surface area contributed by atoms with E-state index < -0.39 is 5.82 Å². The summed E-state index contributed by atoms with van der Waals surface area (Å²) in [6.07, 6.45) is 2.26. The maximum atomic E-state index is 13.5. The number of anilines is 2. The number of hydrogen-bond donors (Lipinski definition) is 3. The predicted molar refractivity (Wildman–Crippen MR) is 136 cm³/mol. The number of halogens is 2. The van der Waals surface area contributed by atoms with Crippen molar-refractivity contribution in [3.8, 4) is 22.5 Å². The lowest BCUT2D eigenvalue weighted by Crippen LogP contribution is -2.34. The minimum Gasteiger partial charge on any atom is -0.397 e. The van der Waals surface area contributed by atoms with E-state index in [2.05, 4.69) is 10.3 Å². The van der Waals surface area contributed by atoms with Gasteiger partial charge in [-0.15, -0.1) is 12.4 Å². The highest BCUT2D eigenvalue weighted by Crippen LogP contribution is 2.30. The van der Waals surface area contributed by atoms with E-state index in [-0.39, 0.29) is 24.0 Å². The van der Waals surface area contributed by atoms with Crippen molar-refractivity contribution in [3.63, 3.8) is 0 Å². The van der Waals surface area contributed by atoms with Crippen molar-refractivity contribution in [1.82, 2.24) is 14.5 Å². The zero-order chi connectivity index (χ0) is 23.4. The zero-order valence-corrected chi connectivity index (χ0v) is 19.4. The standard InChI is InChI=1S/C25H25FN6O.ClH/c1-32-24(33)21(17-9-11-18(26)12-10-17)23(22-20(28)8-5-13-29-22)31-25(32)30-15-19(27)14-16-6-3-2-4-7-16;/h2-13,19H,14-15,27-28H2,1H3,(H,30,31);1H/t19-;/m0./s1. The quantitative estimate of drug-likeness (QED) is 0.372. The van der Waals surface area contributed by atoms with Crippen LogP contribution in [0.2, 0.25) is 0 Å². The summed E-state index contributed by atoms with van der Waals surface area (Å²) in [5.41, 5.74) is 15.2. The summed E-state index contributed by atoms with van der Waals surface area (Å²) in [6.45, 7) is 0.405.